The second-order valence-corrected chi connectivity index (χ2v) is 2.87. The van der Waals surface area contributed by atoms with E-state index < -0.39 is 0 Å². The number of hydrogen-bond donors (Lipinski definition) is 0. The molecule has 0 fully saturated rings. The van der Waals surface area contributed by atoms with Gasteiger partial charge < -0.3 is 0 Å². The van der Waals surface area contributed by atoms with Crippen molar-refractivity contribution >= 4 is 7.85 Å². The van der Waals surface area contributed by atoms with E-state index in [1.54, 1.807) is 0 Å². The number of allylic oxidation sites excluding steroid dienone is 3. The Kier molecular flexibility index (Phi) is 9.15. The monoisotopic (exact) mass is 150 g/mol. The van der Waals surface area contributed by atoms with Crippen molar-refractivity contribution in [3.8, 4) is 0 Å². The molecule has 0 aliphatic heterocycles. The highest BCUT2D eigenvalue weighted by Gasteiger charge is 1.85. The van der Waals surface area contributed by atoms with Gasteiger partial charge in [-0.1, -0.05) is 50.4 Å². The van der Waals surface area contributed by atoms with Crippen molar-refractivity contribution in [3.05, 3.63) is 24.8 Å². The van der Waals surface area contributed by atoms with E-state index in [2.05, 4.69) is 20.5 Å². The maximum atomic E-state index is 3.62. The normalized spacial score (nSPS) is 10.5. The quantitative estimate of drug-likeness (QED) is 0.297. The Bertz CT molecular complexity index is 105. The van der Waals surface area contributed by atoms with Gasteiger partial charge in [0.25, 0.3) is 0 Å². The molecule has 0 saturated carbocycles. The molecule has 0 rings (SSSR count). The number of rotatable bonds is 7. The lowest BCUT2D eigenvalue weighted by molar-refractivity contribution is 0.674. The molecule has 0 aromatic rings. The van der Waals surface area contributed by atoms with Crippen LogP contribution in [-0.4, -0.2) is 7.85 Å². The molecule has 0 bridgehead atoms. The van der Waals surface area contributed by atoms with Crippen molar-refractivity contribution < 1.29 is 0 Å². The highest BCUT2D eigenvalue weighted by molar-refractivity contribution is 6.08. The van der Waals surface area contributed by atoms with E-state index in [1.165, 1.54) is 38.4 Å². The molecule has 0 aromatic heterocycles. The molecule has 11 heavy (non-hydrogen) atoms. The SMILES string of the molecule is BCCCCCC/C=C/C=C. The van der Waals surface area contributed by atoms with E-state index >= 15 is 0 Å². The van der Waals surface area contributed by atoms with Gasteiger partial charge in [0, 0.05) is 0 Å². The topological polar surface area (TPSA) is 0 Å². The molecule has 0 spiro atoms. The Hall–Kier alpha value is -0.455. The molecule has 0 N–H and O–H groups in total. The zero-order valence-electron chi connectivity index (χ0n) is 7.68. The van der Waals surface area contributed by atoms with Crippen LogP contribution in [0.4, 0.5) is 0 Å². The van der Waals surface area contributed by atoms with Crippen molar-refractivity contribution in [1.29, 1.82) is 0 Å². The molecule has 0 amide bonds. The molecule has 1 heteroatoms. The molecule has 0 aliphatic rings. The van der Waals surface area contributed by atoms with Crippen LogP contribution in [0.25, 0.3) is 0 Å². The molecule has 0 aliphatic carbocycles. The van der Waals surface area contributed by atoms with Crippen LogP contribution in [0.1, 0.15) is 32.1 Å². The van der Waals surface area contributed by atoms with Gasteiger partial charge in [-0.15, -0.1) is 0 Å². The third kappa shape index (κ3) is 9.54. The van der Waals surface area contributed by atoms with Crippen molar-refractivity contribution in [3.63, 3.8) is 0 Å². The van der Waals surface area contributed by atoms with E-state index in [9.17, 15) is 0 Å². The third-order valence-electron chi connectivity index (χ3n) is 1.75. The average molecular weight is 150 g/mol. The summed E-state index contributed by atoms with van der Waals surface area (Å²) in [5.74, 6) is 0. The van der Waals surface area contributed by atoms with Crippen LogP contribution in [0.2, 0.25) is 6.32 Å². The van der Waals surface area contributed by atoms with Crippen molar-refractivity contribution in [2.75, 3.05) is 0 Å². The Morgan fingerprint density at radius 3 is 2.45 bits per heavy atom. The van der Waals surface area contributed by atoms with Gasteiger partial charge in [0.15, 0.2) is 0 Å². The molecule has 0 radical (unpaired) electrons. The number of unbranched alkanes of at least 4 members (excludes halogenated alkanes) is 4. The smallest absolute Gasteiger partial charge is 0.0991 e. The van der Waals surface area contributed by atoms with Crippen LogP contribution in [0.3, 0.4) is 0 Å². The predicted octanol–water partition coefficient (Wildman–Crippen LogP) is 2.73. The van der Waals surface area contributed by atoms with Crippen LogP contribution in [0.5, 0.6) is 0 Å². The Morgan fingerprint density at radius 1 is 1.09 bits per heavy atom. The maximum absolute atomic E-state index is 3.62. The highest BCUT2D eigenvalue weighted by atomic mass is 13.9. The van der Waals surface area contributed by atoms with E-state index in [0.717, 1.165) is 0 Å². The first-order chi connectivity index (χ1) is 5.41. The summed E-state index contributed by atoms with van der Waals surface area (Å²) in [7, 11) is 2.25. The molecular formula is C10H19B. The first-order valence-corrected chi connectivity index (χ1v) is 4.69. The zero-order valence-corrected chi connectivity index (χ0v) is 7.68. The Morgan fingerprint density at radius 2 is 1.82 bits per heavy atom. The van der Waals surface area contributed by atoms with Gasteiger partial charge in [0.1, 0.15) is 7.85 Å². The van der Waals surface area contributed by atoms with Crippen molar-refractivity contribution in [1.82, 2.24) is 0 Å². The lowest BCUT2D eigenvalue weighted by Gasteiger charge is -1.95. The summed E-state index contributed by atoms with van der Waals surface area (Å²) in [4.78, 5) is 0. The first-order valence-electron chi connectivity index (χ1n) is 4.69. The van der Waals surface area contributed by atoms with Gasteiger partial charge >= 0.3 is 0 Å². The van der Waals surface area contributed by atoms with Gasteiger partial charge in [0.2, 0.25) is 0 Å². The molecule has 0 atom stereocenters. The molecule has 0 heterocycles. The van der Waals surface area contributed by atoms with Gasteiger partial charge in [0.05, 0.1) is 0 Å². The highest BCUT2D eigenvalue weighted by Crippen LogP contribution is 2.04. The minimum absolute atomic E-state index is 1.22. The lowest BCUT2D eigenvalue weighted by Crippen LogP contribution is -1.76. The molecular weight excluding hydrogens is 131 g/mol. The molecule has 0 unspecified atom stereocenters. The van der Waals surface area contributed by atoms with Crippen molar-refractivity contribution in [2.24, 2.45) is 0 Å². The van der Waals surface area contributed by atoms with Crippen LogP contribution in [0.15, 0.2) is 24.8 Å². The Balaban J connectivity index is 2.90. The predicted molar refractivity (Wildman–Crippen MR) is 55.8 cm³/mol. The fourth-order valence-corrected chi connectivity index (χ4v) is 1.06. The van der Waals surface area contributed by atoms with E-state index in [-0.39, 0.29) is 0 Å². The van der Waals surface area contributed by atoms with E-state index in [1.807, 2.05) is 12.2 Å². The van der Waals surface area contributed by atoms with Gasteiger partial charge in [-0.05, 0) is 12.8 Å². The standard InChI is InChI=1S/C10H19B/c1-2-3-4-5-6-7-8-9-10-11/h2-4H,1,5-11H2/b4-3+. The van der Waals surface area contributed by atoms with Gasteiger partial charge in [-0.25, -0.2) is 0 Å². The summed E-state index contributed by atoms with van der Waals surface area (Å²) in [6.45, 7) is 3.62. The Labute approximate surface area is 71.8 Å². The van der Waals surface area contributed by atoms with Gasteiger partial charge in [-0.3, -0.25) is 0 Å². The third-order valence-corrected chi connectivity index (χ3v) is 1.75. The minimum Gasteiger partial charge on any atom is -0.0991 e. The largest absolute Gasteiger partial charge is 0.101 e. The van der Waals surface area contributed by atoms with Crippen LogP contribution < -0.4 is 0 Å². The van der Waals surface area contributed by atoms with Crippen LogP contribution in [0, 0.1) is 0 Å². The van der Waals surface area contributed by atoms with E-state index in [4.69, 9.17) is 0 Å². The molecule has 62 valence electrons. The maximum Gasteiger partial charge on any atom is 0.101 e. The number of hydrogen-bond acceptors (Lipinski definition) is 0. The van der Waals surface area contributed by atoms with Crippen molar-refractivity contribution in [2.45, 2.75) is 38.4 Å². The second kappa shape index (κ2) is 9.54. The molecule has 0 aromatic carbocycles. The minimum atomic E-state index is 1.22. The second-order valence-electron chi connectivity index (χ2n) is 2.87. The average Bonchev–Trinajstić information content (AvgIpc) is 2.03. The lowest BCUT2D eigenvalue weighted by atomic mass is 9.98. The summed E-state index contributed by atoms with van der Waals surface area (Å²) < 4.78 is 0. The summed E-state index contributed by atoms with van der Waals surface area (Å²) in [5.41, 5.74) is 0. The fraction of sp³-hybridized carbons (Fsp3) is 0.600. The molecule has 0 nitrogen and oxygen atoms in total. The molecule has 0 saturated heterocycles. The summed E-state index contributed by atoms with van der Waals surface area (Å²) in [6.07, 6.45) is 14.1. The van der Waals surface area contributed by atoms with Crippen LogP contribution in [-0.2, 0) is 0 Å². The summed E-state index contributed by atoms with van der Waals surface area (Å²) >= 11 is 0. The summed E-state index contributed by atoms with van der Waals surface area (Å²) in [5, 5.41) is 0. The van der Waals surface area contributed by atoms with Gasteiger partial charge in [-0.2, -0.15) is 0 Å². The van der Waals surface area contributed by atoms with E-state index in [0.29, 0.717) is 0 Å². The summed E-state index contributed by atoms with van der Waals surface area (Å²) in [6, 6.07) is 0. The van der Waals surface area contributed by atoms with Crippen LogP contribution >= 0.6 is 0 Å². The zero-order chi connectivity index (χ0) is 8.36. The fourth-order valence-electron chi connectivity index (χ4n) is 1.06. The first kappa shape index (κ1) is 10.5.